The molecule has 1 unspecified atom stereocenters. The molecule has 1 atom stereocenters. The summed E-state index contributed by atoms with van der Waals surface area (Å²) in [7, 11) is 0. The summed E-state index contributed by atoms with van der Waals surface area (Å²) in [4.78, 5) is 19.4. The second-order valence-electron chi connectivity index (χ2n) is 3.43. The molecule has 3 heterocycles. The Morgan fingerprint density at radius 3 is 3.00 bits per heavy atom. The van der Waals surface area contributed by atoms with Crippen molar-refractivity contribution in [1.29, 1.82) is 0 Å². The minimum absolute atomic E-state index is 0.00306. The van der Waals surface area contributed by atoms with Crippen LogP contribution >= 0.6 is 0 Å². The molecule has 0 aliphatic heterocycles. The quantitative estimate of drug-likeness (QED) is 0.674. The Kier molecular flexibility index (Phi) is 1.89. The van der Waals surface area contributed by atoms with E-state index in [0.717, 1.165) is 11.3 Å². The minimum atomic E-state index is -0.00306. The maximum Gasteiger partial charge on any atom is 0.180 e. The molecule has 0 aliphatic carbocycles. The normalized spacial score (nSPS) is 13.1. The van der Waals surface area contributed by atoms with Gasteiger partial charge in [-0.3, -0.25) is 0 Å². The number of nitrogens with zero attached hydrogens (tertiary/aromatic N) is 6. The molecule has 0 bridgehead atoms. The molecule has 0 radical (unpaired) electrons. The van der Waals surface area contributed by atoms with E-state index in [-0.39, 0.29) is 6.04 Å². The number of fused-ring (bicyclic) bond motifs is 1. The van der Waals surface area contributed by atoms with Crippen LogP contribution in [0, 0.1) is 0 Å². The summed E-state index contributed by atoms with van der Waals surface area (Å²) in [6.07, 6.45) is 6.34. The van der Waals surface area contributed by atoms with E-state index < -0.39 is 0 Å². The van der Waals surface area contributed by atoms with Gasteiger partial charge in [-0.15, -0.1) is 0 Å². The Hall–Kier alpha value is -2.31. The zero-order valence-electron chi connectivity index (χ0n) is 8.57. The molecule has 16 heavy (non-hydrogen) atoms. The number of H-pyrrole nitrogens is 1. The standard InChI is InChI=1S/C9H9N7/c1-6(16-5-11-4-13-16)8-14-7-2-10-3-12-9(7)15-8/h2-6H,1H3,(H,10,12,14,15). The molecule has 0 aromatic carbocycles. The van der Waals surface area contributed by atoms with Crippen LogP contribution in [0.15, 0.2) is 25.2 Å². The average molecular weight is 215 g/mol. The lowest BCUT2D eigenvalue weighted by Crippen LogP contribution is -2.08. The molecular weight excluding hydrogens is 206 g/mol. The Balaban J connectivity index is 2.06. The van der Waals surface area contributed by atoms with E-state index in [1.165, 1.54) is 12.7 Å². The largest absolute Gasteiger partial charge is 0.338 e. The maximum atomic E-state index is 4.37. The number of rotatable bonds is 2. The van der Waals surface area contributed by atoms with Crippen molar-refractivity contribution in [3.05, 3.63) is 31.0 Å². The number of imidazole rings is 1. The van der Waals surface area contributed by atoms with Crippen LogP contribution in [0.3, 0.4) is 0 Å². The fourth-order valence-corrected chi connectivity index (χ4v) is 1.52. The number of aromatic nitrogens is 7. The summed E-state index contributed by atoms with van der Waals surface area (Å²) < 4.78 is 1.73. The lowest BCUT2D eigenvalue weighted by atomic mass is 10.3. The molecule has 0 amide bonds. The highest BCUT2D eigenvalue weighted by Gasteiger charge is 2.13. The second kappa shape index (κ2) is 3.37. The van der Waals surface area contributed by atoms with Crippen LogP contribution in [-0.2, 0) is 0 Å². The average Bonchev–Trinajstić information content (AvgIpc) is 2.97. The molecular formula is C9H9N7. The van der Waals surface area contributed by atoms with E-state index in [1.54, 1.807) is 17.2 Å². The first-order valence-corrected chi connectivity index (χ1v) is 4.84. The van der Waals surface area contributed by atoms with Gasteiger partial charge in [-0.05, 0) is 6.92 Å². The van der Waals surface area contributed by atoms with E-state index in [9.17, 15) is 0 Å². The molecule has 3 aromatic heterocycles. The number of nitrogens with one attached hydrogen (secondary N) is 1. The van der Waals surface area contributed by atoms with Gasteiger partial charge in [0.25, 0.3) is 0 Å². The van der Waals surface area contributed by atoms with Crippen molar-refractivity contribution in [3.8, 4) is 0 Å². The number of hydrogen-bond acceptors (Lipinski definition) is 5. The van der Waals surface area contributed by atoms with Crippen LogP contribution in [0.1, 0.15) is 18.8 Å². The summed E-state index contributed by atoms with van der Waals surface area (Å²) >= 11 is 0. The van der Waals surface area contributed by atoms with Gasteiger partial charge in [0.2, 0.25) is 0 Å². The molecule has 80 valence electrons. The van der Waals surface area contributed by atoms with Crippen LogP contribution in [0.2, 0.25) is 0 Å². The predicted octanol–water partition coefficient (Wildman–Crippen LogP) is 0.554. The van der Waals surface area contributed by atoms with Gasteiger partial charge in [0.15, 0.2) is 5.65 Å². The molecule has 0 saturated carbocycles. The lowest BCUT2D eigenvalue weighted by molar-refractivity contribution is 0.540. The van der Waals surface area contributed by atoms with Gasteiger partial charge in [0, 0.05) is 0 Å². The van der Waals surface area contributed by atoms with Gasteiger partial charge >= 0.3 is 0 Å². The van der Waals surface area contributed by atoms with E-state index in [0.29, 0.717) is 5.65 Å². The fraction of sp³-hybridized carbons (Fsp3) is 0.222. The SMILES string of the molecule is CC(c1nc2ncncc2[nH]1)n1cncn1. The lowest BCUT2D eigenvalue weighted by Gasteiger charge is -2.06. The topological polar surface area (TPSA) is 85.2 Å². The van der Waals surface area contributed by atoms with Gasteiger partial charge in [-0.25, -0.2) is 24.6 Å². The molecule has 3 aromatic rings. The third-order valence-electron chi connectivity index (χ3n) is 2.41. The smallest absolute Gasteiger partial charge is 0.180 e. The second-order valence-corrected chi connectivity index (χ2v) is 3.43. The van der Waals surface area contributed by atoms with E-state index in [2.05, 4.69) is 30.0 Å². The zero-order valence-corrected chi connectivity index (χ0v) is 8.57. The van der Waals surface area contributed by atoms with Crippen molar-refractivity contribution < 1.29 is 0 Å². The van der Waals surface area contributed by atoms with Crippen molar-refractivity contribution in [1.82, 2.24) is 34.7 Å². The maximum absolute atomic E-state index is 4.37. The van der Waals surface area contributed by atoms with Crippen molar-refractivity contribution >= 4 is 11.2 Å². The van der Waals surface area contributed by atoms with Crippen molar-refractivity contribution in [2.45, 2.75) is 13.0 Å². The molecule has 0 saturated heterocycles. The first kappa shape index (κ1) is 8.96. The molecule has 3 rings (SSSR count). The first-order valence-electron chi connectivity index (χ1n) is 4.84. The van der Waals surface area contributed by atoms with Crippen LogP contribution in [0.4, 0.5) is 0 Å². The molecule has 0 spiro atoms. The Bertz CT molecular complexity index is 564. The monoisotopic (exact) mass is 215 g/mol. The minimum Gasteiger partial charge on any atom is -0.338 e. The molecule has 0 fully saturated rings. The fourth-order valence-electron chi connectivity index (χ4n) is 1.52. The Morgan fingerprint density at radius 2 is 2.25 bits per heavy atom. The molecule has 7 heteroatoms. The third kappa shape index (κ3) is 1.33. The Morgan fingerprint density at radius 1 is 1.31 bits per heavy atom. The molecule has 0 aliphatic rings. The number of aromatic amines is 1. The van der Waals surface area contributed by atoms with E-state index >= 15 is 0 Å². The first-order chi connectivity index (χ1) is 7.84. The van der Waals surface area contributed by atoms with Crippen molar-refractivity contribution in [2.24, 2.45) is 0 Å². The summed E-state index contributed by atoms with van der Waals surface area (Å²) in [5.41, 5.74) is 1.49. The highest BCUT2D eigenvalue weighted by molar-refractivity contribution is 5.68. The van der Waals surface area contributed by atoms with Gasteiger partial charge in [0.1, 0.15) is 36.4 Å². The summed E-state index contributed by atoms with van der Waals surface area (Å²) in [5, 5.41) is 4.07. The summed E-state index contributed by atoms with van der Waals surface area (Å²) in [5.74, 6) is 0.793. The van der Waals surface area contributed by atoms with Crippen LogP contribution in [-0.4, -0.2) is 34.7 Å². The highest BCUT2D eigenvalue weighted by Crippen LogP contribution is 2.15. The van der Waals surface area contributed by atoms with Gasteiger partial charge in [-0.2, -0.15) is 5.10 Å². The van der Waals surface area contributed by atoms with Crippen molar-refractivity contribution in [3.63, 3.8) is 0 Å². The predicted molar refractivity (Wildman–Crippen MR) is 55.5 cm³/mol. The third-order valence-corrected chi connectivity index (χ3v) is 2.41. The number of hydrogen-bond donors (Lipinski definition) is 1. The van der Waals surface area contributed by atoms with Crippen LogP contribution in [0.25, 0.3) is 11.2 Å². The van der Waals surface area contributed by atoms with E-state index in [1.807, 2.05) is 6.92 Å². The van der Waals surface area contributed by atoms with E-state index in [4.69, 9.17) is 0 Å². The highest BCUT2D eigenvalue weighted by atomic mass is 15.3. The Labute approximate surface area is 90.6 Å². The summed E-state index contributed by atoms with van der Waals surface area (Å²) in [6, 6.07) is -0.00306. The van der Waals surface area contributed by atoms with Gasteiger partial charge in [-0.1, -0.05) is 0 Å². The van der Waals surface area contributed by atoms with Gasteiger partial charge in [0.05, 0.1) is 6.20 Å². The van der Waals surface area contributed by atoms with Crippen molar-refractivity contribution in [2.75, 3.05) is 0 Å². The summed E-state index contributed by atoms with van der Waals surface area (Å²) in [6.45, 7) is 1.99. The molecule has 7 nitrogen and oxygen atoms in total. The van der Waals surface area contributed by atoms with Gasteiger partial charge < -0.3 is 4.98 Å². The van der Waals surface area contributed by atoms with Crippen LogP contribution < -0.4 is 0 Å². The molecule has 1 N–H and O–H groups in total. The zero-order chi connectivity index (χ0) is 11.0. The van der Waals surface area contributed by atoms with Crippen LogP contribution in [0.5, 0.6) is 0 Å².